The van der Waals surface area contributed by atoms with Crippen molar-refractivity contribution in [2.24, 2.45) is 0 Å². The largest absolute Gasteiger partial charge is 0.444 e. The average Bonchev–Trinajstić information content (AvgIpc) is 3.25. The summed E-state index contributed by atoms with van der Waals surface area (Å²) < 4.78 is 5.98. The van der Waals surface area contributed by atoms with Crippen LogP contribution in [-0.4, -0.2) is 37.0 Å². The van der Waals surface area contributed by atoms with Gasteiger partial charge in [0.15, 0.2) is 5.78 Å². The Kier molecular flexibility index (Phi) is 4.88. The number of carbonyl (C=O) groups excluding carboxylic acids is 3. The molecule has 3 heterocycles. The fourth-order valence-corrected chi connectivity index (χ4v) is 4.17. The summed E-state index contributed by atoms with van der Waals surface area (Å²) in [5, 5.41) is 0. The molecule has 0 aliphatic carbocycles. The minimum absolute atomic E-state index is 0.00460. The summed E-state index contributed by atoms with van der Waals surface area (Å²) >= 11 is 7.11. The van der Waals surface area contributed by atoms with Crippen molar-refractivity contribution >= 4 is 52.1 Å². The van der Waals surface area contributed by atoms with Gasteiger partial charge in [0, 0.05) is 30.8 Å². The maximum absolute atomic E-state index is 12.2. The van der Waals surface area contributed by atoms with E-state index in [1.54, 1.807) is 21.9 Å². The number of hydrogen-bond acceptors (Lipinski definition) is 5. The number of nitrogens with zero attached hydrogens (tertiary/aromatic N) is 2. The van der Waals surface area contributed by atoms with Gasteiger partial charge in [-0.3, -0.25) is 14.5 Å². The monoisotopic (exact) mass is 404 g/mol. The minimum Gasteiger partial charge on any atom is -0.444 e. The maximum Gasteiger partial charge on any atom is 0.414 e. The van der Waals surface area contributed by atoms with Crippen LogP contribution in [0.25, 0.3) is 0 Å². The molecule has 2 saturated heterocycles. The van der Waals surface area contributed by atoms with Crippen LogP contribution in [-0.2, 0) is 9.53 Å². The van der Waals surface area contributed by atoms with Crippen LogP contribution in [0.1, 0.15) is 28.9 Å². The third-order valence-electron chi connectivity index (χ3n) is 4.74. The molecule has 0 spiro atoms. The van der Waals surface area contributed by atoms with Crippen molar-refractivity contribution in [3.8, 4) is 0 Å². The molecular weight excluding hydrogens is 388 g/mol. The molecule has 0 radical (unpaired) electrons. The topological polar surface area (TPSA) is 66.9 Å². The second-order valence-electron chi connectivity index (χ2n) is 6.49. The molecule has 0 unspecified atom stereocenters. The summed E-state index contributed by atoms with van der Waals surface area (Å²) in [4.78, 5) is 39.7. The second-order valence-corrected chi connectivity index (χ2v) is 8.21. The van der Waals surface area contributed by atoms with Gasteiger partial charge in [-0.05, 0) is 42.8 Å². The quantitative estimate of drug-likeness (QED) is 0.536. The molecule has 1 atom stereocenters. The Morgan fingerprint density at radius 1 is 1.11 bits per heavy atom. The highest BCUT2D eigenvalue weighted by Crippen LogP contribution is 2.29. The first-order chi connectivity index (χ1) is 13.0. The zero-order valence-corrected chi connectivity index (χ0v) is 16.0. The number of Topliss-reactive ketones (excluding diaryl/α,β-unsaturated/α-hetero) is 1. The number of ketones is 1. The average molecular weight is 405 g/mol. The van der Waals surface area contributed by atoms with Crippen LogP contribution in [0.2, 0.25) is 4.34 Å². The first-order valence-corrected chi connectivity index (χ1v) is 9.88. The lowest BCUT2D eigenvalue weighted by Crippen LogP contribution is -2.43. The van der Waals surface area contributed by atoms with Crippen molar-refractivity contribution in [3.63, 3.8) is 0 Å². The number of amides is 2. The van der Waals surface area contributed by atoms with E-state index in [9.17, 15) is 14.4 Å². The Morgan fingerprint density at radius 2 is 1.81 bits per heavy atom. The molecule has 140 valence electrons. The first-order valence-electron chi connectivity index (χ1n) is 8.68. The third-order valence-corrected chi connectivity index (χ3v) is 6.01. The van der Waals surface area contributed by atoms with E-state index in [0.717, 1.165) is 17.9 Å². The van der Waals surface area contributed by atoms with Gasteiger partial charge < -0.3 is 9.64 Å². The van der Waals surface area contributed by atoms with E-state index in [1.807, 2.05) is 24.3 Å². The lowest BCUT2D eigenvalue weighted by molar-refractivity contribution is -0.122. The van der Waals surface area contributed by atoms with E-state index >= 15 is 0 Å². The summed E-state index contributed by atoms with van der Waals surface area (Å²) in [5.74, 6) is 0.116. The smallest absolute Gasteiger partial charge is 0.414 e. The van der Waals surface area contributed by atoms with Gasteiger partial charge in [-0.2, -0.15) is 0 Å². The van der Waals surface area contributed by atoms with Crippen LogP contribution < -0.4 is 9.80 Å². The highest BCUT2D eigenvalue weighted by molar-refractivity contribution is 7.18. The molecule has 0 bridgehead atoms. The maximum atomic E-state index is 12.2. The normalized spacial score (nSPS) is 19.2. The molecule has 0 N–H and O–H groups in total. The zero-order chi connectivity index (χ0) is 19.0. The molecule has 4 rings (SSSR count). The zero-order valence-electron chi connectivity index (χ0n) is 14.4. The third kappa shape index (κ3) is 3.70. The Labute approximate surface area is 165 Å². The van der Waals surface area contributed by atoms with Crippen molar-refractivity contribution in [1.29, 1.82) is 0 Å². The van der Waals surface area contributed by atoms with Crippen molar-refractivity contribution in [2.45, 2.75) is 25.4 Å². The number of thiophene rings is 1. The summed E-state index contributed by atoms with van der Waals surface area (Å²) in [6, 6.07) is 10.7. The van der Waals surface area contributed by atoms with Gasteiger partial charge in [0.1, 0.15) is 6.10 Å². The number of β-lactam (4-membered cyclic amide) rings is 1. The van der Waals surface area contributed by atoms with Crippen LogP contribution in [0.3, 0.4) is 0 Å². The van der Waals surface area contributed by atoms with Gasteiger partial charge in [-0.25, -0.2) is 4.79 Å². The van der Waals surface area contributed by atoms with Gasteiger partial charge >= 0.3 is 6.09 Å². The van der Waals surface area contributed by atoms with Crippen molar-refractivity contribution in [2.75, 3.05) is 22.9 Å². The highest BCUT2D eigenvalue weighted by atomic mass is 35.5. The first kappa shape index (κ1) is 18.0. The van der Waals surface area contributed by atoms with Crippen molar-refractivity contribution in [1.82, 2.24) is 0 Å². The molecule has 27 heavy (non-hydrogen) atoms. The van der Waals surface area contributed by atoms with E-state index in [4.69, 9.17) is 16.3 Å². The van der Waals surface area contributed by atoms with E-state index < -0.39 is 6.09 Å². The Bertz CT molecular complexity index is 895. The molecule has 0 saturated carbocycles. The number of hydrogen-bond donors (Lipinski definition) is 0. The standard InChI is InChI=1S/C19H17ClN2O4S/c20-17-8-7-16(27-17)15(23)6-5-14-11-22(19(25)26-14)13-3-1-12(2-4-13)21-10-9-18(21)24/h1-4,7-8,14H,5-6,9-11H2/t14-/m0/s1. The van der Waals surface area contributed by atoms with Crippen LogP contribution >= 0.6 is 22.9 Å². The molecule has 8 heteroatoms. The highest BCUT2D eigenvalue weighted by Gasteiger charge is 2.33. The van der Waals surface area contributed by atoms with Crippen molar-refractivity contribution in [3.05, 3.63) is 45.6 Å². The summed E-state index contributed by atoms with van der Waals surface area (Å²) in [5.41, 5.74) is 1.55. The van der Waals surface area contributed by atoms with Gasteiger partial charge in [0.2, 0.25) is 5.91 Å². The molecular formula is C19H17ClN2O4S. The van der Waals surface area contributed by atoms with Gasteiger partial charge in [-0.15, -0.1) is 11.3 Å². The number of rotatable bonds is 6. The molecule has 2 aliphatic rings. The molecule has 1 aromatic carbocycles. The fraction of sp³-hybridized carbons (Fsp3) is 0.316. The van der Waals surface area contributed by atoms with Crippen LogP contribution in [0, 0.1) is 0 Å². The Hall–Kier alpha value is -2.38. The van der Waals surface area contributed by atoms with Gasteiger partial charge in [0.25, 0.3) is 0 Å². The van der Waals surface area contributed by atoms with E-state index in [0.29, 0.717) is 35.0 Å². The van der Waals surface area contributed by atoms with E-state index in [-0.39, 0.29) is 17.8 Å². The number of benzene rings is 1. The molecule has 2 aromatic rings. The molecule has 1 aromatic heterocycles. The lowest BCUT2D eigenvalue weighted by atomic mass is 10.1. The van der Waals surface area contributed by atoms with Gasteiger partial charge in [-0.1, -0.05) is 11.6 Å². The number of halogens is 1. The predicted octanol–water partition coefficient (Wildman–Crippen LogP) is 4.13. The van der Waals surface area contributed by atoms with E-state index in [1.165, 1.54) is 11.3 Å². The van der Waals surface area contributed by atoms with Crippen molar-refractivity contribution < 1.29 is 19.1 Å². The SMILES string of the molecule is O=C(CC[C@H]1CN(c2ccc(N3CCC3=O)cc2)C(=O)O1)c1ccc(Cl)s1. The lowest BCUT2D eigenvalue weighted by Gasteiger charge is -2.30. The van der Waals surface area contributed by atoms with Crippen LogP contribution in [0.5, 0.6) is 0 Å². The van der Waals surface area contributed by atoms with Crippen LogP contribution in [0.4, 0.5) is 16.2 Å². The Morgan fingerprint density at radius 3 is 2.37 bits per heavy atom. The summed E-state index contributed by atoms with van der Waals surface area (Å²) in [6.45, 7) is 1.13. The summed E-state index contributed by atoms with van der Waals surface area (Å²) in [6.07, 6.45) is 0.612. The number of cyclic esters (lactones) is 1. The minimum atomic E-state index is -0.417. The number of anilines is 2. The molecule has 6 nitrogen and oxygen atoms in total. The summed E-state index contributed by atoms with van der Waals surface area (Å²) in [7, 11) is 0. The van der Waals surface area contributed by atoms with Gasteiger partial charge in [0.05, 0.1) is 15.8 Å². The number of ether oxygens (including phenoxy) is 1. The molecule has 2 fully saturated rings. The van der Waals surface area contributed by atoms with E-state index in [2.05, 4.69) is 0 Å². The van der Waals surface area contributed by atoms with Crippen LogP contribution in [0.15, 0.2) is 36.4 Å². The predicted molar refractivity (Wildman–Crippen MR) is 104 cm³/mol. The fourth-order valence-electron chi connectivity index (χ4n) is 3.16. The molecule has 2 amide bonds. The molecule has 2 aliphatic heterocycles. The second kappa shape index (κ2) is 7.32. The Balaban J connectivity index is 1.34. The number of carbonyl (C=O) groups is 3.